The Balaban J connectivity index is -0.00000000750. The molecule has 0 heterocycles. The van der Waals surface area contributed by atoms with Gasteiger partial charge in [0.2, 0.25) is 0 Å². The van der Waals surface area contributed by atoms with Gasteiger partial charge in [-0.2, -0.15) is 0 Å². The van der Waals surface area contributed by atoms with E-state index in [1.165, 1.54) is 0 Å². The SMILES string of the molecule is O.O.O=C(O)O.[AlH3].[Cu]. The Morgan fingerprint density at radius 3 is 1.12 bits per heavy atom. The topological polar surface area (TPSA) is 121 Å². The normalized spacial score (nSPS) is 3.00. The van der Waals surface area contributed by atoms with Gasteiger partial charge in [0.25, 0.3) is 0 Å². The minimum atomic E-state index is -1.83. The van der Waals surface area contributed by atoms with Gasteiger partial charge in [0.1, 0.15) is 0 Å². The molecule has 7 heteroatoms. The van der Waals surface area contributed by atoms with Crippen LogP contribution in [0.2, 0.25) is 0 Å². The summed E-state index contributed by atoms with van der Waals surface area (Å²) in [6, 6.07) is 0. The maximum absolute atomic E-state index is 8.56. The fourth-order valence-corrected chi connectivity index (χ4v) is 0. The van der Waals surface area contributed by atoms with Gasteiger partial charge in [0.05, 0.1) is 0 Å². The van der Waals surface area contributed by atoms with Crippen LogP contribution in [-0.4, -0.2) is 44.7 Å². The van der Waals surface area contributed by atoms with Crippen molar-refractivity contribution in [3.8, 4) is 0 Å². The second-order valence-electron chi connectivity index (χ2n) is 0.283. The molecule has 1 radical (unpaired) electrons. The number of hydrogen-bond acceptors (Lipinski definition) is 1. The van der Waals surface area contributed by atoms with Crippen molar-refractivity contribution in [3.63, 3.8) is 0 Å². The molecule has 0 saturated carbocycles. The van der Waals surface area contributed by atoms with Gasteiger partial charge in [-0.3, -0.25) is 0 Å². The first kappa shape index (κ1) is 41.1. The minimum Gasteiger partial charge on any atom is -0.450 e. The molecule has 0 bridgehead atoms. The number of hydrogen-bond donors (Lipinski definition) is 2. The molecule has 8 heavy (non-hydrogen) atoms. The predicted octanol–water partition coefficient (Wildman–Crippen LogP) is -2.61. The zero-order chi connectivity index (χ0) is 3.58. The molecule has 0 aromatic carbocycles. The molecule has 0 aliphatic carbocycles. The third-order valence-corrected chi connectivity index (χ3v) is 0. The molecule has 0 aliphatic heterocycles. The Kier molecular flexibility index (Phi) is 138. The minimum absolute atomic E-state index is 0. The summed E-state index contributed by atoms with van der Waals surface area (Å²) in [4.78, 5) is 8.56. The largest absolute Gasteiger partial charge is 0.503 e. The van der Waals surface area contributed by atoms with Gasteiger partial charge in [-0.25, -0.2) is 4.79 Å². The Morgan fingerprint density at radius 2 is 1.12 bits per heavy atom. The van der Waals surface area contributed by atoms with E-state index in [2.05, 4.69) is 0 Å². The number of rotatable bonds is 0. The van der Waals surface area contributed by atoms with Crippen LogP contribution in [-0.2, 0) is 17.1 Å². The van der Waals surface area contributed by atoms with Crippen molar-refractivity contribution in [3.05, 3.63) is 0 Å². The van der Waals surface area contributed by atoms with Gasteiger partial charge in [0.15, 0.2) is 17.4 Å². The third-order valence-electron chi connectivity index (χ3n) is 0. The van der Waals surface area contributed by atoms with Crippen molar-refractivity contribution in [1.29, 1.82) is 0 Å². The van der Waals surface area contributed by atoms with Crippen molar-refractivity contribution in [2.24, 2.45) is 0 Å². The van der Waals surface area contributed by atoms with E-state index < -0.39 is 6.16 Å². The van der Waals surface area contributed by atoms with E-state index in [4.69, 9.17) is 15.0 Å². The van der Waals surface area contributed by atoms with Gasteiger partial charge in [-0.05, 0) is 0 Å². The Morgan fingerprint density at radius 1 is 1.12 bits per heavy atom. The van der Waals surface area contributed by atoms with Crippen molar-refractivity contribution < 1.29 is 43.0 Å². The fraction of sp³-hybridized carbons (Fsp3) is 0. The van der Waals surface area contributed by atoms with Crippen LogP contribution in [0.1, 0.15) is 0 Å². The molecule has 0 saturated heterocycles. The fourth-order valence-electron chi connectivity index (χ4n) is 0. The molecule has 0 rings (SSSR count). The van der Waals surface area contributed by atoms with Crippen LogP contribution >= 0.6 is 0 Å². The first-order valence-electron chi connectivity index (χ1n) is 0.651. The molecule has 0 aliphatic rings. The predicted molar refractivity (Wildman–Crippen MR) is 27.8 cm³/mol. The molecule has 0 aromatic heterocycles. The second kappa shape index (κ2) is 26.8. The molecule has 0 aromatic rings. The van der Waals surface area contributed by atoms with E-state index in [0.29, 0.717) is 0 Å². The van der Waals surface area contributed by atoms with Crippen LogP contribution in [0.3, 0.4) is 0 Å². The van der Waals surface area contributed by atoms with Crippen molar-refractivity contribution >= 4 is 23.5 Å². The van der Waals surface area contributed by atoms with E-state index in [9.17, 15) is 0 Å². The summed E-state index contributed by atoms with van der Waals surface area (Å²) >= 11 is 0. The standard InChI is InChI=1S/CH2O3.Al.Cu.2H2O.3H/c2-1(3)4;;;;;;;/h(H2,2,3,4);;;2*1H2;;;. The summed E-state index contributed by atoms with van der Waals surface area (Å²) in [6.07, 6.45) is -1.83. The van der Waals surface area contributed by atoms with Crippen LogP contribution in [0.25, 0.3) is 0 Å². The van der Waals surface area contributed by atoms with Gasteiger partial charge < -0.3 is 21.2 Å². The summed E-state index contributed by atoms with van der Waals surface area (Å²) in [5, 5.41) is 13.9. The van der Waals surface area contributed by atoms with Crippen molar-refractivity contribution in [2.45, 2.75) is 0 Å². The molecular weight excluding hydrogens is 183 g/mol. The average Bonchev–Trinajstić information content (AvgIpc) is 0.811. The van der Waals surface area contributed by atoms with Gasteiger partial charge >= 0.3 is 6.16 Å². The van der Waals surface area contributed by atoms with Gasteiger partial charge in [-0.15, -0.1) is 0 Å². The summed E-state index contributed by atoms with van der Waals surface area (Å²) in [6.45, 7) is 0. The Hall–Kier alpha value is 0.242. The van der Waals surface area contributed by atoms with Gasteiger partial charge in [0, 0.05) is 17.1 Å². The maximum Gasteiger partial charge on any atom is 0.503 e. The zero-order valence-corrected chi connectivity index (χ0v) is 4.05. The van der Waals surface area contributed by atoms with Crippen molar-refractivity contribution in [2.75, 3.05) is 0 Å². The van der Waals surface area contributed by atoms with Crippen LogP contribution < -0.4 is 0 Å². The molecule has 57 valence electrons. The molecule has 5 nitrogen and oxygen atoms in total. The Labute approximate surface area is 66.9 Å². The average molecular weight is 192 g/mol. The third kappa shape index (κ3) is 2930. The Bertz CT molecular complexity index is 35.4. The molecule has 6 N–H and O–H groups in total. The molecule has 0 fully saturated rings. The van der Waals surface area contributed by atoms with Crippen LogP contribution in [0.15, 0.2) is 0 Å². The van der Waals surface area contributed by atoms with E-state index >= 15 is 0 Å². The smallest absolute Gasteiger partial charge is 0.450 e. The molecule has 0 spiro atoms. The van der Waals surface area contributed by atoms with Crippen LogP contribution in [0.4, 0.5) is 4.79 Å². The summed E-state index contributed by atoms with van der Waals surface area (Å²) in [7, 11) is 0. The van der Waals surface area contributed by atoms with E-state index in [1.54, 1.807) is 0 Å². The quantitative estimate of drug-likeness (QED) is 0.408. The zero-order valence-electron chi connectivity index (χ0n) is 3.10. The van der Waals surface area contributed by atoms with E-state index in [0.717, 1.165) is 0 Å². The number of carbonyl (C=O) groups is 1. The molecule has 0 amide bonds. The first-order chi connectivity index (χ1) is 1.73. The molecular formula is CH9AlCuO5. The van der Waals surface area contributed by atoms with Crippen LogP contribution in [0.5, 0.6) is 0 Å². The number of carboxylic acid groups (broad SMARTS) is 2. The summed E-state index contributed by atoms with van der Waals surface area (Å²) in [5.74, 6) is 0. The van der Waals surface area contributed by atoms with Crippen molar-refractivity contribution in [1.82, 2.24) is 0 Å². The first-order valence-corrected chi connectivity index (χ1v) is 0.651. The summed E-state index contributed by atoms with van der Waals surface area (Å²) < 4.78 is 0. The van der Waals surface area contributed by atoms with Crippen LogP contribution in [0, 0.1) is 0 Å². The molecule has 0 atom stereocenters. The maximum atomic E-state index is 8.56. The second-order valence-corrected chi connectivity index (χ2v) is 0.283. The van der Waals surface area contributed by atoms with E-state index in [1.807, 2.05) is 0 Å². The molecule has 0 unspecified atom stereocenters. The van der Waals surface area contributed by atoms with E-state index in [-0.39, 0.29) is 45.4 Å². The summed E-state index contributed by atoms with van der Waals surface area (Å²) in [5.41, 5.74) is 0. The monoisotopic (exact) mass is 191 g/mol. The van der Waals surface area contributed by atoms with Gasteiger partial charge in [-0.1, -0.05) is 0 Å².